The van der Waals surface area contributed by atoms with Gasteiger partial charge >= 0.3 is 0 Å². The summed E-state index contributed by atoms with van der Waals surface area (Å²) in [5.41, 5.74) is 3.71. The van der Waals surface area contributed by atoms with E-state index in [1.165, 1.54) is 37.1 Å². The van der Waals surface area contributed by atoms with E-state index in [0.717, 1.165) is 43.3 Å². The Morgan fingerprint density at radius 1 is 1.12 bits per heavy atom. The largest absolute Gasteiger partial charge is 0.393 e. The number of nitrogens with one attached hydrogen (secondary N) is 1. The highest BCUT2D eigenvalue weighted by Crippen LogP contribution is 2.36. The number of anilines is 1. The molecule has 1 aliphatic carbocycles. The number of aryl methyl sites for hydroxylation is 1. The maximum Gasteiger partial charge on any atom is 0.130 e. The summed E-state index contributed by atoms with van der Waals surface area (Å²) in [6.45, 7) is 6.19. The topological polar surface area (TPSA) is 61.3 Å². The number of nitrogens with zero attached hydrogens (tertiary/aromatic N) is 3. The molecule has 0 bridgehead atoms. The smallest absolute Gasteiger partial charge is 0.130 e. The van der Waals surface area contributed by atoms with Crippen LogP contribution >= 0.6 is 0 Å². The van der Waals surface area contributed by atoms with Gasteiger partial charge in [0.2, 0.25) is 0 Å². The Bertz CT molecular complexity index is 751. The normalized spacial score (nSPS) is 23.0. The fraction of sp³-hybridized carbons (Fsp3) is 0.524. The molecule has 0 unspecified atom stereocenters. The van der Waals surface area contributed by atoms with E-state index in [-0.39, 0.29) is 6.10 Å². The molecule has 1 aromatic heterocycles. The average Bonchev–Trinajstić information content (AvgIpc) is 3.10. The van der Waals surface area contributed by atoms with Crippen LogP contribution in [-0.2, 0) is 13.1 Å². The van der Waals surface area contributed by atoms with Crippen LogP contribution in [0.3, 0.4) is 0 Å². The third-order valence-electron chi connectivity index (χ3n) is 5.46. The van der Waals surface area contributed by atoms with Crippen molar-refractivity contribution < 1.29 is 5.11 Å². The maximum atomic E-state index is 9.54. The molecule has 5 heteroatoms. The second-order valence-corrected chi connectivity index (χ2v) is 7.70. The summed E-state index contributed by atoms with van der Waals surface area (Å²) in [6, 6.07) is 10.9. The highest BCUT2D eigenvalue weighted by Gasteiger charge is 2.30. The monoisotopic (exact) mass is 352 g/mol. The van der Waals surface area contributed by atoms with Crippen molar-refractivity contribution in [2.75, 3.05) is 18.4 Å². The van der Waals surface area contributed by atoms with E-state index in [1.807, 2.05) is 13.0 Å². The van der Waals surface area contributed by atoms with Crippen molar-refractivity contribution in [2.24, 2.45) is 0 Å². The van der Waals surface area contributed by atoms with Gasteiger partial charge in [0.25, 0.3) is 0 Å². The number of hydrogen-bond donors (Lipinski definition) is 2. The Balaban J connectivity index is 1.39. The van der Waals surface area contributed by atoms with E-state index < -0.39 is 0 Å². The lowest BCUT2D eigenvalue weighted by molar-refractivity contribution is 0.0731. The van der Waals surface area contributed by atoms with Gasteiger partial charge in [-0.3, -0.25) is 4.90 Å². The second-order valence-electron chi connectivity index (χ2n) is 7.70. The first kappa shape index (κ1) is 17.4. The van der Waals surface area contributed by atoms with Crippen molar-refractivity contribution in [3.05, 3.63) is 53.0 Å². The van der Waals surface area contributed by atoms with Gasteiger partial charge < -0.3 is 10.4 Å². The summed E-state index contributed by atoms with van der Waals surface area (Å²) in [6.07, 6.45) is 4.12. The summed E-state index contributed by atoms with van der Waals surface area (Å²) >= 11 is 0. The van der Waals surface area contributed by atoms with Gasteiger partial charge in [-0.25, -0.2) is 9.97 Å². The Hall–Kier alpha value is -1.98. The first-order valence-electron chi connectivity index (χ1n) is 9.73. The third kappa shape index (κ3) is 4.22. The fourth-order valence-electron chi connectivity index (χ4n) is 3.95. The Kier molecular flexibility index (Phi) is 5.18. The minimum absolute atomic E-state index is 0.162. The second kappa shape index (κ2) is 7.72. The van der Waals surface area contributed by atoms with Gasteiger partial charge in [0.1, 0.15) is 11.6 Å². The highest BCUT2D eigenvalue weighted by molar-refractivity contribution is 5.39. The molecule has 0 amide bonds. The molecule has 2 aliphatic rings. The number of aliphatic hydroxyl groups is 1. The van der Waals surface area contributed by atoms with Gasteiger partial charge in [-0.1, -0.05) is 24.3 Å². The van der Waals surface area contributed by atoms with Crippen LogP contribution < -0.4 is 5.32 Å². The molecule has 5 nitrogen and oxygen atoms in total. The molecule has 0 atom stereocenters. The lowest BCUT2D eigenvalue weighted by Crippen LogP contribution is -2.27. The predicted octanol–water partition coefficient (Wildman–Crippen LogP) is 3.23. The van der Waals surface area contributed by atoms with Crippen LogP contribution in [0.25, 0.3) is 0 Å². The van der Waals surface area contributed by atoms with Gasteiger partial charge in [0.15, 0.2) is 0 Å². The predicted molar refractivity (Wildman–Crippen MR) is 103 cm³/mol. The molecule has 2 aromatic rings. The van der Waals surface area contributed by atoms with Gasteiger partial charge in [-0.05, 0) is 56.8 Å². The molecule has 4 rings (SSSR count). The van der Waals surface area contributed by atoms with Crippen LogP contribution in [0.15, 0.2) is 30.3 Å². The maximum absolute atomic E-state index is 9.54. The van der Waals surface area contributed by atoms with Crippen LogP contribution in [-0.4, -0.2) is 39.2 Å². The van der Waals surface area contributed by atoms with Crippen molar-refractivity contribution in [3.63, 3.8) is 0 Å². The van der Waals surface area contributed by atoms with E-state index in [2.05, 4.69) is 44.5 Å². The zero-order valence-electron chi connectivity index (χ0n) is 15.5. The van der Waals surface area contributed by atoms with Crippen LogP contribution in [0.5, 0.6) is 0 Å². The summed E-state index contributed by atoms with van der Waals surface area (Å²) < 4.78 is 0. The Morgan fingerprint density at radius 2 is 1.88 bits per heavy atom. The molecule has 1 aliphatic heterocycles. The number of benzene rings is 1. The quantitative estimate of drug-likeness (QED) is 0.836. The van der Waals surface area contributed by atoms with Crippen molar-refractivity contribution in [1.82, 2.24) is 14.9 Å². The number of aromatic nitrogens is 2. The first-order valence-corrected chi connectivity index (χ1v) is 9.73. The molecule has 1 saturated heterocycles. The molecule has 0 radical (unpaired) electrons. The van der Waals surface area contributed by atoms with Crippen molar-refractivity contribution in [1.29, 1.82) is 0 Å². The molecule has 0 spiro atoms. The molecule has 2 heterocycles. The Labute approximate surface area is 155 Å². The average molecular weight is 352 g/mol. The fourth-order valence-corrected chi connectivity index (χ4v) is 3.95. The molecular weight excluding hydrogens is 324 g/mol. The van der Waals surface area contributed by atoms with E-state index in [0.29, 0.717) is 5.92 Å². The Morgan fingerprint density at radius 3 is 2.65 bits per heavy atom. The molecule has 138 valence electrons. The number of rotatable bonds is 6. The van der Waals surface area contributed by atoms with Gasteiger partial charge in [-0.15, -0.1) is 0 Å². The standard InChI is InChI=1S/C21H28N4O/c1-15-23-20(18-10-19(26)11-18)12-21(24-15)22-13-16-5-4-6-17(9-16)14-25-7-2-3-8-25/h4-6,9,12,18-19,26H,2-3,7-8,10-11,13-14H2,1H3,(H,22,23,24). The van der Waals surface area contributed by atoms with Crippen LogP contribution in [0.1, 0.15) is 54.2 Å². The molecule has 2 N–H and O–H groups in total. The minimum atomic E-state index is -0.162. The van der Waals surface area contributed by atoms with Crippen LogP contribution in [0, 0.1) is 6.92 Å². The van der Waals surface area contributed by atoms with Crippen LogP contribution in [0.2, 0.25) is 0 Å². The van der Waals surface area contributed by atoms with E-state index in [1.54, 1.807) is 0 Å². The number of aliphatic hydroxyl groups excluding tert-OH is 1. The SMILES string of the molecule is Cc1nc(NCc2cccc(CN3CCCC3)c2)cc(C2CC(O)C2)n1. The summed E-state index contributed by atoms with van der Waals surface area (Å²) in [5.74, 6) is 2.03. The highest BCUT2D eigenvalue weighted by atomic mass is 16.3. The van der Waals surface area contributed by atoms with E-state index in [4.69, 9.17) is 0 Å². The van der Waals surface area contributed by atoms with Gasteiger partial charge in [0.05, 0.1) is 6.10 Å². The molecule has 26 heavy (non-hydrogen) atoms. The zero-order chi connectivity index (χ0) is 17.9. The zero-order valence-corrected chi connectivity index (χ0v) is 15.5. The minimum Gasteiger partial charge on any atom is -0.393 e. The van der Waals surface area contributed by atoms with E-state index >= 15 is 0 Å². The molecular formula is C21H28N4O. The molecule has 1 aromatic carbocycles. The lowest BCUT2D eigenvalue weighted by Gasteiger charge is -2.31. The first-order chi connectivity index (χ1) is 12.7. The summed E-state index contributed by atoms with van der Waals surface area (Å²) in [5, 5.41) is 13.0. The van der Waals surface area contributed by atoms with Crippen molar-refractivity contribution in [3.8, 4) is 0 Å². The summed E-state index contributed by atoms with van der Waals surface area (Å²) in [7, 11) is 0. The lowest BCUT2D eigenvalue weighted by atomic mass is 9.80. The van der Waals surface area contributed by atoms with Crippen molar-refractivity contribution in [2.45, 2.75) is 57.7 Å². The third-order valence-corrected chi connectivity index (χ3v) is 5.46. The number of likely N-dealkylation sites (tertiary alicyclic amines) is 1. The van der Waals surface area contributed by atoms with Crippen LogP contribution in [0.4, 0.5) is 5.82 Å². The molecule has 1 saturated carbocycles. The summed E-state index contributed by atoms with van der Waals surface area (Å²) in [4.78, 5) is 11.6. The molecule has 2 fully saturated rings. The van der Waals surface area contributed by atoms with Gasteiger partial charge in [0, 0.05) is 30.8 Å². The van der Waals surface area contributed by atoms with Gasteiger partial charge in [-0.2, -0.15) is 0 Å². The number of hydrogen-bond acceptors (Lipinski definition) is 5. The van der Waals surface area contributed by atoms with Crippen molar-refractivity contribution >= 4 is 5.82 Å². The van der Waals surface area contributed by atoms with E-state index in [9.17, 15) is 5.11 Å².